The lowest BCUT2D eigenvalue weighted by molar-refractivity contribution is -0.133. The van der Waals surface area contributed by atoms with Gasteiger partial charge in [-0.25, -0.2) is 0 Å². The molecule has 2 rings (SSSR count). The fourth-order valence-electron chi connectivity index (χ4n) is 1.91. The molecule has 0 unspecified atom stereocenters. The zero-order valence-electron chi connectivity index (χ0n) is 13.7. The van der Waals surface area contributed by atoms with Gasteiger partial charge in [0.2, 0.25) is 0 Å². The summed E-state index contributed by atoms with van der Waals surface area (Å²) in [5.41, 5.74) is 0. The van der Waals surface area contributed by atoms with Crippen LogP contribution in [0.5, 0.6) is 11.5 Å². The monoisotopic (exact) mass is 362 g/mol. The third-order valence-corrected chi connectivity index (χ3v) is 5.31. The van der Waals surface area contributed by atoms with Gasteiger partial charge in [-0.05, 0) is 60.7 Å². The molecule has 1 N–H and O–H groups in total. The van der Waals surface area contributed by atoms with Gasteiger partial charge in [-0.1, -0.05) is 25.1 Å². The molecule has 0 fully saturated rings. The zero-order chi connectivity index (χ0) is 17.2. The van der Waals surface area contributed by atoms with E-state index in [1.165, 1.54) is 12.8 Å². The second kappa shape index (κ2) is 10.3. The lowest BCUT2D eigenvalue weighted by atomic mass is 10.3. The summed E-state index contributed by atoms with van der Waals surface area (Å²) in [7, 11) is 0. The average Bonchev–Trinajstić information content (AvgIpc) is 2.58. The van der Waals surface area contributed by atoms with Gasteiger partial charge in [-0.3, -0.25) is 4.79 Å². The normalized spacial score (nSPS) is 10.5. The highest BCUT2D eigenvalue weighted by Crippen LogP contribution is 2.30. The highest BCUT2D eigenvalue weighted by atomic mass is 32.2. The maximum Gasteiger partial charge on any atom is 0.312 e. The predicted molar refractivity (Wildman–Crippen MR) is 101 cm³/mol. The summed E-state index contributed by atoms with van der Waals surface area (Å²) in [6.45, 7) is 2.17. The lowest BCUT2D eigenvalue weighted by Gasteiger charge is -2.06. The second-order valence-electron chi connectivity index (χ2n) is 5.26. The van der Waals surface area contributed by atoms with Crippen molar-refractivity contribution in [3.05, 3.63) is 48.5 Å². The van der Waals surface area contributed by atoms with Crippen LogP contribution in [0.3, 0.4) is 0 Å². The number of ether oxygens (including phenoxy) is 1. The molecule has 0 aliphatic heterocycles. The lowest BCUT2D eigenvalue weighted by Crippen LogP contribution is -2.08. The number of carbonyl (C=O) groups is 1. The van der Waals surface area contributed by atoms with E-state index in [4.69, 9.17) is 4.74 Å². The highest BCUT2D eigenvalue weighted by molar-refractivity contribution is 7.99. The molecule has 0 bridgehead atoms. The van der Waals surface area contributed by atoms with Crippen LogP contribution in [0, 0.1) is 0 Å². The first kappa shape index (κ1) is 18.7. The van der Waals surface area contributed by atoms with Crippen LogP contribution < -0.4 is 4.74 Å². The first-order valence-electron chi connectivity index (χ1n) is 8.02. The van der Waals surface area contributed by atoms with Crippen molar-refractivity contribution >= 4 is 29.5 Å². The van der Waals surface area contributed by atoms with E-state index in [2.05, 4.69) is 6.92 Å². The van der Waals surface area contributed by atoms with Crippen molar-refractivity contribution in [1.82, 2.24) is 0 Å². The molecule has 0 heterocycles. The van der Waals surface area contributed by atoms with Gasteiger partial charge >= 0.3 is 5.97 Å². The van der Waals surface area contributed by atoms with Gasteiger partial charge in [-0.15, -0.1) is 0 Å². The van der Waals surface area contributed by atoms with Crippen molar-refractivity contribution < 1.29 is 14.6 Å². The van der Waals surface area contributed by atoms with Gasteiger partial charge in [0.1, 0.15) is 11.5 Å². The molecular formula is C19H22O3S2. The Labute approximate surface area is 151 Å². The number of hydrogen-bond donors (Lipinski definition) is 1. The molecule has 2 aromatic rings. The largest absolute Gasteiger partial charge is 0.508 e. The summed E-state index contributed by atoms with van der Waals surface area (Å²) in [4.78, 5) is 13.9. The molecule has 128 valence electrons. The van der Waals surface area contributed by atoms with Gasteiger partial charge in [0.15, 0.2) is 0 Å². The number of thioether (sulfide) groups is 1. The Morgan fingerprint density at radius 2 is 1.62 bits per heavy atom. The van der Waals surface area contributed by atoms with Crippen molar-refractivity contribution in [3.63, 3.8) is 0 Å². The minimum atomic E-state index is -0.182. The highest BCUT2D eigenvalue weighted by Gasteiger charge is 2.05. The van der Waals surface area contributed by atoms with E-state index in [0.717, 1.165) is 21.3 Å². The fraction of sp³-hybridized carbons (Fsp3) is 0.316. The minimum absolute atomic E-state index is 0.182. The van der Waals surface area contributed by atoms with E-state index in [1.54, 1.807) is 35.7 Å². The van der Waals surface area contributed by atoms with E-state index in [1.807, 2.05) is 36.4 Å². The number of benzene rings is 2. The van der Waals surface area contributed by atoms with Crippen molar-refractivity contribution in [2.24, 2.45) is 0 Å². The molecular weight excluding hydrogens is 340 g/mol. The van der Waals surface area contributed by atoms with Crippen molar-refractivity contribution in [1.29, 1.82) is 0 Å². The Morgan fingerprint density at radius 1 is 1.00 bits per heavy atom. The van der Waals surface area contributed by atoms with E-state index in [0.29, 0.717) is 12.2 Å². The molecule has 0 atom stereocenters. The van der Waals surface area contributed by atoms with Crippen LogP contribution in [0.25, 0.3) is 0 Å². The van der Waals surface area contributed by atoms with E-state index in [9.17, 15) is 9.90 Å². The Kier molecular flexibility index (Phi) is 8.05. The van der Waals surface area contributed by atoms with Crippen molar-refractivity contribution in [2.45, 2.75) is 36.0 Å². The van der Waals surface area contributed by atoms with Gasteiger partial charge < -0.3 is 9.84 Å². The summed E-state index contributed by atoms with van der Waals surface area (Å²) in [5.74, 6) is 2.57. The van der Waals surface area contributed by atoms with Crippen LogP contribution in [0.1, 0.15) is 26.2 Å². The van der Waals surface area contributed by atoms with Crippen molar-refractivity contribution in [2.75, 3.05) is 11.5 Å². The summed E-state index contributed by atoms with van der Waals surface area (Å²) in [6.07, 6.45) is 2.82. The van der Waals surface area contributed by atoms with E-state index in [-0.39, 0.29) is 11.7 Å². The molecule has 0 aliphatic carbocycles. The quantitative estimate of drug-likeness (QED) is 0.369. The van der Waals surface area contributed by atoms with Crippen LogP contribution >= 0.6 is 23.5 Å². The molecule has 3 nitrogen and oxygen atoms in total. The first-order chi connectivity index (χ1) is 11.7. The Bertz CT molecular complexity index is 624. The number of esters is 1. The molecule has 0 amide bonds. The summed E-state index contributed by atoms with van der Waals surface area (Å²) in [6, 6.07) is 14.5. The van der Waals surface area contributed by atoms with E-state index >= 15 is 0 Å². The molecule has 0 aliphatic rings. The second-order valence-corrected chi connectivity index (χ2v) is 7.63. The van der Waals surface area contributed by atoms with Crippen LogP contribution in [0.2, 0.25) is 0 Å². The molecule has 0 radical (unpaired) electrons. The topological polar surface area (TPSA) is 46.5 Å². The molecule has 0 saturated carbocycles. The molecule has 0 aromatic heterocycles. The molecule has 0 saturated heterocycles. The molecule has 24 heavy (non-hydrogen) atoms. The maximum absolute atomic E-state index is 11.8. The van der Waals surface area contributed by atoms with Gasteiger partial charge in [0.25, 0.3) is 0 Å². The summed E-state index contributed by atoms with van der Waals surface area (Å²) >= 11 is 3.39. The Morgan fingerprint density at radius 3 is 2.25 bits per heavy atom. The summed E-state index contributed by atoms with van der Waals surface area (Å²) < 4.78 is 5.35. The first-order valence-corrected chi connectivity index (χ1v) is 10.00. The fourth-order valence-corrected chi connectivity index (χ4v) is 3.74. The third kappa shape index (κ3) is 6.89. The number of aromatic hydroxyl groups is 1. The van der Waals surface area contributed by atoms with Crippen LogP contribution in [-0.2, 0) is 4.79 Å². The minimum Gasteiger partial charge on any atom is -0.508 e. The average molecular weight is 363 g/mol. The van der Waals surface area contributed by atoms with Gasteiger partial charge in [0, 0.05) is 15.5 Å². The molecule has 5 heteroatoms. The Hall–Kier alpha value is -1.59. The maximum atomic E-state index is 11.8. The van der Waals surface area contributed by atoms with Crippen LogP contribution in [-0.4, -0.2) is 22.6 Å². The van der Waals surface area contributed by atoms with Crippen molar-refractivity contribution in [3.8, 4) is 11.5 Å². The van der Waals surface area contributed by atoms with Crippen LogP contribution in [0.15, 0.2) is 58.3 Å². The number of unbranched alkanes of at least 4 members (excludes halogenated alkanes) is 1. The van der Waals surface area contributed by atoms with E-state index < -0.39 is 0 Å². The number of phenols is 1. The third-order valence-electron chi connectivity index (χ3n) is 3.22. The zero-order valence-corrected chi connectivity index (χ0v) is 15.4. The standard InChI is InChI=1S/C19H22O3S2/c1-2-3-13-23-14-12-19(21)22-16-6-10-18(11-7-16)24-17-8-4-15(20)5-9-17/h4-11,20H,2-3,12-14H2,1H3. The number of phenolic OH excluding ortho intramolecular Hbond substituents is 1. The van der Waals surface area contributed by atoms with Crippen LogP contribution in [0.4, 0.5) is 0 Å². The molecule has 0 spiro atoms. The van der Waals surface area contributed by atoms with Gasteiger partial charge in [-0.2, -0.15) is 11.8 Å². The number of carbonyl (C=O) groups excluding carboxylic acids is 1. The smallest absolute Gasteiger partial charge is 0.312 e. The molecule has 2 aromatic carbocycles. The number of rotatable bonds is 9. The predicted octanol–water partition coefficient (Wildman–Crippen LogP) is 5.37. The number of hydrogen-bond acceptors (Lipinski definition) is 5. The summed E-state index contributed by atoms with van der Waals surface area (Å²) in [5, 5.41) is 9.29. The SMILES string of the molecule is CCCCSCCC(=O)Oc1ccc(Sc2ccc(O)cc2)cc1. The van der Waals surface area contributed by atoms with Gasteiger partial charge in [0.05, 0.1) is 6.42 Å². The Balaban J connectivity index is 1.77.